The zero-order valence-corrected chi connectivity index (χ0v) is 10.9. The summed E-state index contributed by atoms with van der Waals surface area (Å²) in [6.45, 7) is 3.27. The summed E-state index contributed by atoms with van der Waals surface area (Å²) in [6.07, 6.45) is 0. The van der Waals surface area contributed by atoms with Gasteiger partial charge in [0.2, 0.25) is 10.0 Å². The average molecular weight is 273 g/mol. The molecule has 0 saturated heterocycles. The first-order valence-electron chi connectivity index (χ1n) is 5.17. The van der Waals surface area contributed by atoms with Crippen molar-refractivity contribution in [1.82, 2.24) is 4.72 Å². The number of nitro groups is 1. The SMILES string of the molecule is CC(C)(CN)NS(=O)(=O)c1ccccc1[N+](=O)[O-]. The van der Waals surface area contributed by atoms with Crippen LogP contribution < -0.4 is 10.5 Å². The van der Waals surface area contributed by atoms with E-state index in [4.69, 9.17) is 5.73 Å². The van der Waals surface area contributed by atoms with Crippen molar-refractivity contribution in [3.63, 3.8) is 0 Å². The molecule has 0 saturated carbocycles. The van der Waals surface area contributed by atoms with Crippen LogP contribution in [0.5, 0.6) is 0 Å². The fourth-order valence-electron chi connectivity index (χ4n) is 1.30. The van der Waals surface area contributed by atoms with Gasteiger partial charge >= 0.3 is 0 Å². The summed E-state index contributed by atoms with van der Waals surface area (Å²) in [5, 5.41) is 10.8. The molecule has 0 aliphatic heterocycles. The molecule has 0 spiro atoms. The van der Waals surface area contributed by atoms with Crippen LogP contribution in [0.1, 0.15) is 13.8 Å². The highest BCUT2D eigenvalue weighted by Crippen LogP contribution is 2.23. The summed E-state index contributed by atoms with van der Waals surface area (Å²) in [7, 11) is -3.98. The number of nitro benzene ring substituents is 1. The summed E-state index contributed by atoms with van der Waals surface area (Å²) in [5.41, 5.74) is 4.10. The Morgan fingerprint density at radius 3 is 2.44 bits per heavy atom. The molecule has 1 aromatic rings. The van der Waals surface area contributed by atoms with Gasteiger partial charge < -0.3 is 5.73 Å². The van der Waals surface area contributed by atoms with Crippen LogP contribution in [0.3, 0.4) is 0 Å². The Hall–Kier alpha value is -1.51. The lowest BCUT2D eigenvalue weighted by atomic mass is 10.1. The van der Waals surface area contributed by atoms with Crippen LogP contribution >= 0.6 is 0 Å². The first-order valence-corrected chi connectivity index (χ1v) is 6.65. The highest BCUT2D eigenvalue weighted by molar-refractivity contribution is 7.89. The molecule has 1 aromatic carbocycles. The highest BCUT2D eigenvalue weighted by Gasteiger charge is 2.30. The number of nitrogens with zero attached hydrogens (tertiary/aromatic N) is 1. The highest BCUT2D eigenvalue weighted by atomic mass is 32.2. The average Bonchev–Trinajstić information content (AvgIpc) is 2.28. The van der Waals surface area contributed by atoms with Gasteiger partial charge in [-0.05, 0) is 19.9 Å². The molecule has 0 fully saturated rings. The molecular weight excluding hydrogens is 258 g/mol. The van der Waals surface area contributed by atoms with Gasteiger partial charge in [-0.2, -0.15) is 0 Å². The number of hydrogen-bond donors (Lipinski definition) is 2. The van der Waals surface area contributed by atoms with Gasteiger partial charge in [-0.15, -0.1) is 0 Å². The summed E-state index contributed by atoms with van der Waals surface area (Å²) >= 11 is 0. The van der Waals surface area contributed by atoms with E-state index in [-0.39, 0.29) is 11.4 Å². The first-order chi connectivity index (χ1) is 8.19. The van der Waals surface area contributed by atoms with Crippen molar-refractivity contribution in [3.05, 3.63) is 34.4 Å². The van der Waals surface area contributed by atoms with Crippen LogP contribution in [0, 0.1) is 10.1 Å². The number of rotatable bonds is 5. The lowest BCUT2D eigenvalue weighted by molar-refractivity contribution is -0.387. The zero-order valence-electron chi connectivity index (χ0n) is 10.1. The molecule has 100 valence electrons. The van der Waals surface area contributed by atoms with Gasteiger partial charge in [-0.3, -0.25) is 10.1 Å². The van der Waals surface area contributed by atoms with Gasteiger partial charge in [-0.25, -0.2) is 13.1 Å². The molecular formula is C10H15N3O4S. The van der Waals surface area contributed by atoms with Crippen LogP contribution in [0.25, 0.3) is 0 Å². The molecule has 3 N–H and O–H groups in total. The van der Waals surface area contributed by atoms with E-state index in [0.29, 0.717) is 0 Å². The van der Waals surface area contributed by atoms with Gasteiger partial charge in [0.05, 0.1) is 4.92 Å². The molecule has 8 heteroatoms. The second-order valence-corrected chi connectivity index (χ2v) is 6.07. The zero-order chi connectivity index (χ0) is 14.0. The van der Waals surface area contributed by atoms with Crippen LogP contribution in [0.15, 0.2) is 29.2 Å². The number of para-hydroxylation sites is 1. The lowest BCUT2D eigenvalue weighted by Crippen LogP contribution is -2.48. The van der Waals surface area contributed by atoms with Crippen LogP contribution in [-0.2, 0) is 10.0 Å². The van der Waals surface area contributed by atoms with Crippen molar-refractivity contribution in [1.29, 1.82) is 0 Å². The van der Waals surface area contributed by atoms with Crippen molar-refractivity contribution in [2.75, 3.05) is 6.54 Å². The van der Waals surface area contributed by atoms with Crippen molar-refractivity contribution < 1.29 is 13.3 Å². The summed E-state index contributed by atoms with van der Waals surface area (Å²) < 4.78 is 26.5. The maximum atomic E-state index is 12.1. The van der Waals surface area contributed by atoms with Crippen molar-refractivity contribution in [2.45, 2.75) is 24.3 Å². The molecule has 18 heavy (non-hydrogen) atoms. The van der Waals surface area contributed by atoms with Crippen LogP contribution in [-0.4, -0.2) is 25.4 Å². The molecule has 0 aromatic heterocycles. The van der Waals surface area contributed by atoms with Gasteiger partial charge in [0.1, 0.15) is 0 Å². The quantitative estimate of drug-likeness (QED) is 0.602. The lowest BCUT2D eigenvalue weighted by Gasteiger charge is -2.23. The molecule has 0 unspecified atom stereocenters. The Bertz CT molecular complexity index is 554. The van der Waals surface area contributed by atoms with Gasteiger partial charge in [0.15, 0.2) is 4.90 Å². The van der Waals surface area contributed by atoms with E-state index in [9.17, 15) is 18.5 Å². The van der Waals surface area contributed by atoms with Crippen molar-refractivity contribution in [2.24, 2.45) is 5.73 Å². The van der Waals surface area contributed by atoms with Crippen molar-refractivity contribution >= 4 is 15.7 Å². The fourth-order valence-corrected chi connectivity index (χ4v) is 2.89. The molecule has 0 aliphatic rings. The Labute approximate surface area is 105 Å². The Balaban J connectivity index is 3.26. The first kappa shape index (κ1) is 14.6. The number of sulfonamides is 1. The summed E-state index contributed by atoms with van der Waals surface area (Å²) in [6, 6.07) is 5.17. The van der Waals surface area contributed by atoms with E-state index in [0.717, 1.165) is 6.07 Å². The second-order valence-electron chi connectivity index (χ2n) is 4.42. The standard InChI is InChI=1S/C10H15N3O4S/c1-10(2,7-11)12-18(16,17)9-6-4-3-5-8(9)13(14)15/h3-6,12H,7,11H2,1-2H3. The smallest absolute Gasteiger partial charge is 0.289 e. The Morgan fingerprint density at radius 2 is 1.94 bits per heavy atom. The number of nitrogens with one attached hydrogen (secondary N) is 1. The third-order valence-corrected chi connectivity index (χ3v) is 4.02. The minimum Gasteiger partial charge on any atom is -0.329 e. The maximum Gasteiger partial charge on any atom is 0.289 e. The largest absolute Gasteiger partial charge is 0.329 e. The predicted molar refractivity (Wildman–Crippen MR) is 66.6 cm³/mol. The second kappa shape index (κ2) is 5.01. The number of benzene rings is 1. The fraction of sp³-hybridized carbons (Fsp3) is 0.400. The molecule has 0 aliphatic carbocycles. The summed E-state index contributed by atoms with van der Waals surface area (Å²) in [4.78, 5) is 9.70. The summed E-state index contributed by atoms with van der Waals surface area (Å²) in [5.74, 6) is 0. The van der Waals surface area contributed by atoms with Gasteiger partial charge in [0, 0.05) is 18.2 Å². The Kier molecular flexibility index (Phi) is 4.05. The third kappa shape index (κ3) is 3.25. The van der Waals surface area contributed by atoms with E-state index in [2.05, 4.69) is 4.72 Å². The molecule has 1 rings (SSSR count). The van der Waals surface area contributed by atoms with E-state index >= 15 is 0 Å². The normalized spacial score (nSPS) is 12.4. The van der Waals surface area contributed by atoms with E-state index < -0.39 is 26.2 Å². The van der Waals surface area contributed by atoms with Crippen LogP contribution in [0.2, 0.25) is 0 Å². The number of hydrogen-bond acceptors (Lipinski definition) is 5. The molecule has 0 bridgehead atoms. The topological polar surface area (TPSA) is 115 Å². The van der Waals surface area contributed by atoms with E-state index in [1.165, 1.54) is 18.2 Å². The number of nitrogens with two attached hydrogens (primary N) is 1. The molecule has 0 heterocycles. The third-order valence-electron chi connectivity index (χ3n) is 2.27. The predicted octanol–water partition coefficient (Wildman–Crippen LogP) is 0.610. The monoisotopic (exact) mass is 273 g/mol. The minimum absolute atomic E-state index is 0.0763. The maximum absolute atomic E-state index is 12.1. The van der Waals surface area contributed by atoms with Crippen molar-refractivity contribution in [3.8, 4) is 0 Å². The molecule has 0 atom stereocenters. The molecule has 0 radical (unpaired) electrons. The Morgan fingerprint density at radius 1 is 1.39 bits per heavy atom. The molecule has 0 amide bonds. The molecule has 7 nitrogen and oxygen atoms in total. The van der Waals surface area contributed by atoms with Gasteiger partial charge in [0.25, 0.3) is 5.69 Å². The van der Waals surface area contributed by atoms with Crippen LogP contribution in [0.4, 0.5) is 5.69 Å². The van der Waals surface area contributed by atoms with E-state index in [1.54, 1.807) is 13.8 Å². The van der Waals surface area contributed by atoms with Gasteiger partial charge in [-0.1, -0.05) is 12.1 Å². The minimum atomic E-state index is -3.98. The van der Waals surface area contributed by atoms with E-state index in [1.807, 2.05) is 0 Å².